The molecule has 1 fully saturated rings. The maximum Gasteiger partial charge on any atom is 0.240 e. The van der Waals surface area contributed by atoms with Gasteiger partial charge in [-0.3, -0.25) is 4.90 Å². The van der Waals surface area contributed by atoms with Crippen molar-refractivity contribution in [1.29, 1.82) is 0 Å². The molecule has 6 nitrogen and oxygen atoms in total. The molecule has 22 heavy (non-hydrogen) atoms. The van der Waals surface area contributed by atoms with Crippen molar-refractivity contribution in [3.05, 3.63) is 23.8 Å². The van der Waals surface area contributed by atoms with Crippen molar-refractivity contribution in [2.24, 2.45) is 0 Å². The molecule has 1 saturated heterocycles. The number of sulfonamides is 1. The lowest BCUT2D eigenvalue weighted by molar-refractivity contribution is 0.0390. The summed E-state index contributed by atoms with van der Waals surface area (Å²) in [7, 11) is -3.48. The first-order valence-corrected chi connectivity index (χ1v) is 9.04. The number of hydrogen-bond donors (Lipinski definition) is 1. The number of morpholine rings is 1. The summed E-state index contributed by atoms with van der Waals surface area (Å²) in [5.74, 6) is 0.717. The zero-order valence-corrected chi connectivity index (χ0v) is 14.0. The molecule has 7 heteroatoms. The van der Waals surface area contributed by atoms with Gasteiger partial charge in [-0.25, -0.2) is 13.1 Å². The minimum Gasteiger partial charge on any atom is -0.494 e. The molecule has 0 spiro atoms. The molecule has 0 saturated carbocycles. The van der Waals surface area contributed by atoms with E-state index in [1.165, 1.54) is 0 Å². The standard InChI is InChI=1S/C15H24N2O4S/c1-3-21-15-5-4-14(12-13(15)2)22(18,19)16-6-7-17-8-10-20-11-9-17/h4-5,12,16H,3,6-11H2,1-2H3. The van der Waals surface area contributed by atoms with Crippen LogP contribution in [0.5, 0.6) is 5.75 Å². The number of aryl methyl sites for hydroxylation is 1. The quantitative estimate of drug-likeness (QED) is 0.809. The highest BCUT2D eigenvalue weighted by Gasteiger charge is 2.16. The minimum absolute atomic E-state index is 0.274. The van der Waals surface area contributed by atoms with Crippen LogP contribution in [0.25, 0.3) is 0 Å². The van der Waals surface area contributed by atoms with Gasteiger partial charge in [-0.2, -0.15) is 0 Å². The van der Waals surface area contributed by atoms with Gasteiger partial charge in [-0.05, 0) is 37.6 Å². The number of benzene rings is 1. The molecule has 0 atom stereocenters. The van der Waals surface area contributed by atoms with Gasteiger partial charge in [0.05, 0.1) is 24.7 Å². The zero-order chi connectivity index (χ0) is 16.0. The first-order valence-electron chi connectivity index (χ1n) is 7.56. The topological polar surface area (TPSA) is 67.9 Å². The highest BCUT2D eigenvalue weighted by Crippen LogP contribution is 2.21. The summed E-state index contributed by atoms with van der Waals surface area (Å²) in [6, 6.07) is 4.92. The smallest absolute Gasteiger partial charge is 0.240 e. The van der Waals surface area contributed by atoms with Gasteiger partial charge in [-0.15, -0.1) is 0 Å². The average molecular weight is 328 g/mol. The van der Waals surface area contributed by atoms with E-state index in [0.29, 0.717) is 32.9 Å². The van der Waals surface area contributed by atoms with Crippen LogP contribution in [0, 0.1) is 6.92 Å². The predicted molar refractivity (Wildman–Crippen MR) is 84.8 cm³/mol. The van der Waals surface area contributed by atoms with Crippen LogP contribution in [0.3, 0.4) is 0 Å². The van der Waals surface area contributed by atoms with E-state index >= 15 is 0 Å². The number of hydrogen-bond acceptors (Lipinski definition) is 5. The number of ether oxygens (including phenoxy) is 2. The van der Waals surface area contributed by atoms with E-state index in [1.54, 1.807) is 18.2 Å². The Labute approximate surface area is 132 Å². The molecule has 1 aliphatic heterocycles. The van der Waals surface area contributed by atoms with E-state index < -0.39 is 10.0 Å². The fourth-order valence-corrected chi connectivity index (χ4v) is 3.46. The molecule has 2 rings (SSSR count). The van der Waals surface area contributed by atoms with E-state index in [4.69, 9.17) is 9.47 Å². The zero-order valence-electron chi connectivity index (χ0n) is 13.2. The molecule has 1 aromatic rings. The second-order valence-electron chi connectivity index (χ2n) is 5.21. The summed E-state index contributed by atoms with van der Waals surface area (Å²) < 4.78 is 37.9. The minimum atomic E-state index is -3.48. The normalized spacial score (nSPS) is 16.6. The van der Waals surface area contributed by atoms with E-state index in [0.717, 1.165) is 24.4 Å². The van der Waals surface area contributed by atoms with E-state index in [2.05, 4.69) is 9.62 Å². The van der Waals surface area contributed by atoms with Crippen molar-refractivity contribution >= 4 is 10.0 Å². The van der Waals surface area contributed by atoms with Crippen molar-refractivity contribution in [2.45, 2.75) is 18.7 Å². The third kappa shape index (κ3) is 4.67. The van der Waals surface area contributed by atoms with Gasteiger partial charge < -0.3 is 9.47 Å². The van der Waals surface area contributed by atoms with E-state index in [9.17, 15) is 8.42 Å². The molecule has 1 heterocycles. The number of rotatable bonds is 7. The van der Waals surface area contributed by atoms with Crippen molar-refractivity contribution < 1.29 is 17.9 Å². The highest BCUT2D eigenvalue weighted by molar-refractivity contribution is 7.89. The second-order valence-corrected chi connectivity index (χ2v) is 6.98. The first kappa shape index (κ1) is 17.2. The molecule has 0 radical (unpaired) electrons. The Kier molecular flexibility index (Phi) is 6.19. The summed E-state index contributed by atoms with van der Waals surface area (Å²) in [4.78, 5) is 2.46. The van der Waals surface area contributed by atoms with Crippen molar-refractivity contribution in [3.8, 4) is 5.75 Å². The number of nitrogens with one attached hydrogen (secondary N) is 1. The summed E-state index contributed by atoms with van der Waals surface area (Å²) in [6.07, 6.45) is 0. The molecule has 0 bridgehead atoms. The Bertz CT molecular complexity index is 583. The van der Waals surface area contributed by atoms with Crippen molar-refractivity contribution in [2.75, 3.05) is 46.0 Å². The SMILES string of the molecule is CCOc1ccc(S(=O)(=O)NCCN2CCOCC2)cc1C. The first-order chi connectivity index (χ1) is 10.5. The van der Waals surface area contributed by atoms with Crippen LogP contribution in [-0.4, -0.2) is 59.3 Å². The Morgan fingerprint density at radius 1 is 1.32 bits per heavy atom. The van der Waals surface area contributed by atoms with Crippen LogP contribution in [0.15, 0.2) is 23.1 Å². The molecule has 0 aromatic heterocycles. The van der Waals surface area contributed by atoms with Gasteiger partial charge in [0.15, 0.2) is 0 Å². The Morgan fingerprint density at radius 3 is 2.68 bits per heavy atom. The van der Waals surface area contributed by atoms with Gasteiger partial charge in [0.25, 0.3) is 0 Å². The van der Waals surface area contributed by atoms with E-state index in [1.807, 2.05) is 13.8 Å². The Balaban J connectivity index is 1.93. The summed E-state index contributed by atoms with van der Waals surface area (Å²) in [5.41, 5.74) is 0.818. The van der Waals surface area contributed by atoms with Crippen LogP contribution < -0.4 is 9.46 Å². The third-order valence-corrected chi connectivity index (χ3v) is 5.04. The maximum atomic E-state index is 12.3. The maximum absolute atomic E-state index is 12.3. The molecule has 1 aliphatic rings. The monoisotopic (exact) mass is 328 g/mol. The predicted octanol–water partition coefficient (Wildman–Crippen LogP) is 1.00. The Hall–Kier alpha value is -1.15. The van der Waals surface area contributed by atoms with Crippen LogP contribution in [0.2, 0.25) is 0 Å². The van der Waals surface area contributed by atoms with Crippen LogP contribution >= 0.6 is 0 Å². The molecule has 1 aromatic carbocycles. The van der Waals surface area contributed by atoms with Crippen LogP contribution in [-0.2, 0) is 14.8 Å². The third-order valence-electron chi connectivity index (χ3n) is 3.58. The Morgan fingerprint density at radius 2 is 2.05 bits per heavy atom. The van der Waals surface area contributed by atoms with Gasteiger partial charge in [0, 0.05) is 26.2 Å². The van der Waals surface area contributed by atoms with Gasteiger partial charge in [0.2, 0.25) is 10.0 Å². The van der Waals surface area contributed by atoms with Gasteiger partial charge in [-0.1, -0.05) is 0 Å². The molecule has 1 N–H and O–H groups in total. The van der Waals surface area contributed by atoms with Gasteiger partial charge in [0.1, 0.15) is 5.75 Å². The molecule has 124 valence electrons. The van der Waals surface area contributed by atoms with Crippen LogP contribution in [0.1, 0.15) is 12.5 Å². The fraction of sp³-hybridized carbons (Fsp3) is 0.600. The van der Waals surface area contributed by atoms with Crippen LogP contribution in [0.4, 0.5) is 0 Å². The number of nitrogens with zero attached hydrogens (tertiary/aromatic N) is 1. The molecule has 0 unspecified atom stereocenters. The van der Waals surface area contributed by atoms with E-state index in [-0.39, 0.29) is 4.90 Å². The second kappa shape index (κ2) is 7.92. The molecular formula is C15H24N2O4S. The highest BCUT2D eigenvalue weighted by atomic mass is 32.2. The summed E-state index contributed by atoms with van der Waals surface area (Å²) in [6.45, 7) is 8.52. The molecule has 0 aliphatic carbocycles. The van der Waals surface area contributed by atoms with Crippen molar-refractivity contribution in [3.63, 3.8) is 0 Å². The lowest BCUT2D eigenvalue weighted by atomic mass is 10.2. The summed E-state index contributed by atoms with van der Waals surface area (Å²) >= 11 is 0. The van der Waals surface area contributed by atoms with Gasteiger partial charge >= 0.3 is 0 Å². The lowest BCUT2D eigenvalue weighted by Gasteiger charge is -2.26. The van der Waals surface area contributed by atoms with Crippen molar-refractivity contribution in [1.82, 2.24) is 9.62 Å². The summed E-state index contributed by atoms with van der Waals surface area (Å²) in [5, 5.41) is 0. The fourth-order valence-electron chi connectivity index (χ4n) is 2.35. The molecular weight excluding hydrogens is 304 g/mol. The molecule has 0 amide bonds. The average Bonchev–Trinajstić information content (AvgIpc) is 2.50. The largest absolute Gasteiger partial charge is 0.494 e. The lowest BCUT2D eigenvalue weighted by Crippen LogP contribution is -2.41.